The van der Waals surface area contributed by atoms with E-state index in [9.17, 15) is 5.11 Å². The topological polar surface area (TPSA) is 33.1 Å². The van der Waals surface area contributed by atoms with Gasteiger partial charge in [-0.3, -0.25) is 0 Å². The number of rotatable bonds is 2. The summed E-state index contributed by atoms with van der Waals surface area (Å²) >= 11 is 7.39. The van der Waals surface area contributed by atoms with Crippen molar-refractivity contribution in [2.45, 2.75) is 13.0 Å². The van der Waals surface area contributed by atoms with E-state index in [0.717, 1.165) is 10.4 Å². The summed E-state index contributed by atoms with van der Waals surface area (Å²) < 4.78 is 0. The number of nitrogens with zero attached hydrogens (tertiary/aromatic N) is 1. The average Bonchev–Trinajstić information content (AvgIpc) is 2.63. The van der Waals surface area contributed by atoms with E-state index < -0.39 is 6.10 Å². The molecule has 0 saturated heterocycles. The first-order valence-corrected chi connectivity index (χ1v) is 5.78. The molecule has 78 valence electrons. The van der Waals surface area contributed by atoms with E-state index in [0.29, 0.717) is 10.7 Å². The van der Waals surface area contributed by atoms with Crippen LogP contribution in [0.5, 0.6) is 0 Å². The third-order valence-electron chi connectivity index (χ3n) is 2.21. The summed E-state index contributed by atoms with van der Waals surface area (Å²) in [5.74, 6) is 0. The van der Waals surface area contributed by atoms with Crippen molar-refractivity contribution in [2.24, 2.45) is 0 Å². The van der Waals surface area contributed by atoms with Crippen LogP contribution in [0.25, 0.3) is 0 Å². The van der Waals surface area contributed by atoms with Crippen molar-refractivity contribution in [1.29, 1.82) is 0 Å². The zero-order chi connectivity index (χ0) is 10.8. The van der Waals surface area contributed by atoms with E-state index >= 15 is 0 Å². The van der Waals surface area contributed by atoms with Crippen LogP contribution in [0.15, 0.2) is 29.8 Å². The largest absolute Gasteiger partial charge is 0.382 e. The molecule has 0 bridgehead atoms. The van der Waals surface area contributed by atoms with Crippen molar-refractivity contribution in [1.82, 2.24) is 4.98 Å². The molecule has 0 aliphatic rings. The molecule has 0 unspecified atom stereocenters. The lowest BCUT2D eigenvalue weighted by Crippen LogP contribution is -2.01. The quantitative estimate of drug-likeness (QED) is 0.873. The van der Waals surface area contributed by atoms with Gasteiger partial charge in [-0.1, -0.05) is 23.7 Å². The molecule has 2 nitrogen and oxygen atoms in total. The Kier molecular flexibility index (Phi) is 3.05. The fraction of sp³-hybridized carbons (Fsp3) is 0.182. The Labute approximate surface area is 97.2 Å². The Bertz CT molecular complexity index is 469. The van der Waals surface area contributed by atoms with E-state index in [1.54, 1.807) is 17.6 Å². The summed E-state index contributed by atoms with van der Waals surface area (Å²) in [5, 5.41) is 10.7. The molecule has 0 radical (unpaired) electrons. The molecule has 2 aromatic rings. The Morgan fingerprint density at radius 2 is 2.27 bits per heavy atom. The number of aromatic nitrogens is 1. The van der Waals surface area contributed by atoms with Gasteiger partial charge in [0.05, 0.1) is 11.2 Å². The molecule has 0 fully saturated rings. The van der Waals surface area contributed by atoms with Crippen molar-refractivity contribution < 1.29 is 5.11 Å². The molecule has 0 aliphatic heterocycles. The van der Waals surface area contributed by atoms with Crippen LogP contribution in [0.3, 0.4) is 0 Å². The van der Waals surface area contributed by atoms with Crippen LogP contribution in [-0.2, 0) is 0 Å². The van der Waals surface area contributed by atoms with Gasteiger partial charge in [0.15, 0.2) is 0 Å². The van der Waals surface area contributed by atoms with Crippen LogP contribution in [0, 0.1) is 6.92 Å². The highest BCUT2D eigenvalue weighted by molar-refractivity contribution is 7.09. The second-order valence-corrected chi connectivity index (χ2v) is 4.75. The number of benzene rings is 1. The van der Waals surface area contributed by atoms with Crippen LogP contribution < -0.4 is 0 Å². The minimum atomic E-state index is -0.685. The lowest BCUT2D eigenvalue weighted by atomic mass is 10.1. The zero-order valence-electron chi connectivity index (χ0n) is 8.14. The molecule has 0 saturated carbocycles. The molecule has 4 heteroatoms. The summed E-state index contributed by atoms with van der Waals surface area (Å²) in [6.07, 6.45) is -0.685. The first-order valence-electron chi connectivity index (χ1n) is 4.52. The molecule has 15 heavy (non-hydrogen) atoms. The summed E-state index contributed by atoms with van der Waals surface area (Å²) in [6.45, 7) is 1.95. The number of hydrogen-bond donors (Lipinski definition) is 1. The standard InChI is InChI=1S/C11H10ClNOS/c1-7-10(13-6-15-7)11(14)8-3-2-4-9(12)5-8/h2-6,11,14H,1H3/t11-/m1/s1. The highest BCUT2D eigenvalue weighted by atomic mass is 35.5. The van der Waals surface area contributed by atoms with Gasteiger partial charge in [0, 0.05) is 9.90 Å². The molecule has 0 spiro atoms. The summed E-state index contributed by atoms with van der Waals surface area (Å²) in [7, 11) is 0. The number of aryl methyl sites for hydroxylation is 1. The van der Waals surface area contributed by atoms with Gasteiger partial charge in [-0.25, -0.2) is 4.98 Å². The van der Waals surface area contributed by atoms with E-state index in [1.165, 1.54) is 11.3 Å². The second kappa shape index (κ2) is 4.31. The lowest BCUT2D eigenvalue weighted by Gasteiger charge is -2.09. The fourth-order valence-electron chi connectivity index (χ4n) is 1.41. The van der Waals surface area contributed by atoms with Crippen LogP contribution in [-0.4, -0.2) is 10.1 Å². The van der Waals surface area contributed by atoms with Crippen LogP contribution in [0.4, 0.5) is 0 Å². The SMILES string of the molecule is Cc1scnc1[C@H](O)c1cccc(Cl)c1. The first-order chi connectivity index (χ1) is 7.18. The van der Waals surface area contributed by atoms with Crippen molar-refractivity contribution in [3.8, 4) is 0 Å². The monoisotopic (exact) mass is 239 g/mol. The Balaban J connectivity index is 2.36. The summed E-state index contributed by atoms with van der Waals surface area (Å²) in [6, 6.07) is 7.20. The van der Waals surface area contributed by atoms with E-state index in [4.69, 9.17) is 11.6 Å². The van der Waals surface area contributed by atoms with Crippen molar-refractivity contribution in [3.63, 3.8) is 0 Å². The second-order valence-electron chi connectivity index (χ2n) is 3.25. The highest BCUT2D eigenvalue weighted by Gasteiger charge is 2.15. The minimum Gasteiger partial charge on any atom is -0.382 e. The Morgan fingerprint density at radius 1 is 1.47 bits per heavy atom. The van der Waals surface area contributed by atoms with Crippen LogP contribution >= 0.6 is 22.9 Å². The molecule has 0 aliphatic carbocycles. The number of hydrogen-bond acceptors (Lipinski definition) is 3. The minimum absolute atomic E-state index is 0.624. The van der Waals surface area contributed by atoms with Gasteiger partial charge in [-0.05, 0) is 24.6 Å². The maximum absolute atomic E-state index is 10.1. The van der Waals surface area contributed by atoms with Gasteiger partial charge in [-0.2, -0.15) is 0 Å². The third kappa shape index (κ3) is 2.20. The normalized spacial score (nSPS) is 12.7. The average molecular weight is 240 g/mol. The van der Waals surface area contributed by atoms with Crippen LogP contribution in [0.2, 0.25) is 5.02 Å². The smallest absolute Gasteiger partial charge is 0.122 e. The summed E-state index contributed by atoms with van der Waals surface area (Å²) in [4.78, 5) is 5.18. The molecule has 1 heterocycles. The molecule has 1 aromatic heterocycles. The predicted octanol–water partition coefficient (Wildman–Crippen LogP) is 3.19. The van der Waals surface area contributed by atoms with Gasteiger partial charge in [0.25, 0.3) is 0 Å². The number of thiazole rings is 1. The summed E-state index contributed by atoms with van der Waals surface area (Å²) in [5.41, 5.74) is 3.22. The Hall–Kier alpha value is -0.900. The maximum atomic E-state index is 10.1. The van der Waals surface area contributed by atoms with Gasteiger partial charge >= 0.3 is 0 Å². The van der Waals surface area contributed by atoms with Gasteiger partial charge in [0.1, 0.15) is 6.10 Å². The molecular formula is C11H10ClNOS. The first kappa shape index (κ1) is 10.6. The number of halogens is 1. The molecule has 2 rings (SSSR count). The van der Waals surface area contributed by atoms with Gasteiger partial charge in [-0.15, -0.1) is 11.3 Å². The molecule has 1 aromatic carbocycles. The van der Waals surface area contributed by atoms with Crippen molar-refractivity contribution >= 4 is 22.9 Å². The molecule has 1 N–H and O–H groups in total. The fourth-order valence-corrected chi connectivity index (χ4v) is 2.22. The van der Waals surface area contributed by atoms with Gasteiger partial charge in [0.2, 0.25) is 0 Å². The van der Waals surface area contributed by atoms with Crippen LogP contribution in [0.1, 0.15) is 22.2 Å². The maximum Gasteiger partial charge on any atom is 0.122 e. The third-order valence-corrected chi connectivity index (χ3v) is 3.21. The number of aliphatic hydroxyl groups is 1. The lowest BCUT2D eigenvalue weighted by molar-refractivity contribution is 0.215. The predicted molar refractivity (Wildman–Crippen MR) is 62.4 cm³/mol. The van der Waals surface area contributed by atoms with E-state index in [-0.39, 0.29) is 0 Å². The van der Waals surface area contributed by atoms with E-state index in [2.05, 4.69) is 4.98 Å². The molecule has 1 atom stereocenters. The van der Waals surface area contributed by atoms with E-state index in [1.807, 2.05) is 19.1 Å². The zero-order valence-corrected chi connectivity index (χ0v) is 9.72. The van der Waals surface area contributed by atoms with Crippen molar-refractivity contribution in [2.75, 3.05) is 0 Å². The number of aliphatic hydroxyl groups excluding tert-OH is 1. The highest BCUT2D eigenvalue weighted by Crippen LogP contribution is 2.26. The molecular weight excluding hydrogens is 230 g/mol. The Morgan fingerprint density at radius 3 is 2.87 bits per heavy atom. The molecule has 0 amide bonds. The van der Waals surface area contributed by atoms with Gasteiger partial charge < -0.3 is 5.11 Å². The van der Waals surface area contributed by atoms with Crippen molar-refractivity contribution in [3.05, 3.63) is 50.9 Å².